The number of rotatable bonds is 2. The van der Waals surface area contributed by atoms with Gasteiger partial charge in [0, 0.05) is 18.5 Å². The van der Waals surface area contributed by atoms with Crippen molar-refractivity contribution in [3.8, 4) is 0 Å². The van der Waals surface area contributed by atoms with Crippen LogP contribution in [0.3, 0.4) is 0 Å². The summed E-state index contributed by atoms with van der Waals surface area (Å²) in [6, 6.07) is 0. The number of aromatic nitrogens is 1. The molecular formula is C13H18N2O3S. The van der Waals surface area contributed by atoms with Crippen LogP contribution in [0.25, 0.3) is 0 Å². The summed E-state index contributed by atoms with van der Waals surface area (Å²) in [4.78, 5) is 29.6. The minimum Gasteiger partial charge on any atom is -0.481 e. The van der Waals surface area contributed by atoms with Crippen LogP contribution in [0.1, 0.15) is 41.9 Å². The van der Waals surface area contributed by atoms with E-state index in [0.717, 1.165) is 5.01 Å². The van der Waals surface area contributed by atoms with Crippen molar-refractivity contribution >= 4 is 23.2 Å². The predicted octanol–water partition coefficient (Wildman–Crippen LogP) is 1.99. The Morgan fingerprint density at radius 2 is 2.16 bits per heavy atom. The molecule has 6 heteroatoms. The summed E-state index contributed by atoms with van der Waals surface area (Å²) in [6.45, 7) is 6.97. The van der Waals surface area contributed by atoms with Gasteiger partial charge < -0.3 is 10.0 Å². The van der Waals surface area contributed by atoms with Crippen LogP contribution >= 0.6 is 11.3 Å². The first-order valence-electron chi connectivity index (χ1n) is 6.27. The number of amides is 1. The van der Waals surface area contributed by atoms with Gasteiger partial charge in [0.2, 0.25) is 0 Å². The lowest BCUT2D eigenvalue weighted by Gasteiger charge is -2.15. The molecular weight excluding hydrogens is 264 g/mol. The van der Waals surface area contributed by atoms with Gasteiger partial charge in [0.1, 0.15) is 4.88 Å². The highest BCUT2D eigenvalue weighted by Crippen LogP contribution is 2.28. The smallest absolute Gasteiger partial charge is 0.308 e. The van der Waals surface area contributed by atoms with Crippen LogP contribution < -0.4 is 0 Å². The first-order valence-corrected chi connectivity index (χ1v) is 7.09. The zero-order valence-electron chi connectivity index (χ0n) is 11.3. The second kappa shape index (κ2) is 4.92. The largest absolute Gasteiger partial charge is 0.481 e. The Morgan fingerprint density at radius 3 is 2.63 bits per heavy atom. The van der Waals surface area contributed by atoms with E-state index < -0.39 is 11.9 Å². The fourth-order valence-corrected chi connectivity index (χ4v) is 2.96. The van der Waals surface area contributed by atoms with Crippen LogP contribution in [-0.4, -0.2) is 40.0 Å². The Balaban J connectivity index is 2.09. The maximum atomic E-state index is 12.3. The van der Waals surface area contributed by atoms with Crippen LogP contribution in [-0.2, 0) is 10.2 Å². The maximum absolute atomic E-state index is 12.3. The average Bonchev–Trinajstić information content (AvgIpc) is 2.97. The van der Waals surface area contributed by atoms with E-state index in [1.165, 1.54) is 11.3 Å². The predicted molar refractivity (Wildman–Crippen MR) is 72.5 cm³/mol. The van der Waals surface area contributed by atoms with Gasteiger partial charge in [-0.05, 0) is 6.42 Å². The highest BCUT2D eigenvalue weighted by Gasteiger charge is 2.32. The van der Waals surface area contributed by atoms with E-state index in [0.29, 0.717) is 24.4 Å². The molecule has 104 valence electrons. The topological polar surface area (TPSA) is 70.5 Å². The molecule has 5 nitrogen and oxygen atoms in total. The van der Waals surface area contributed by atoms with Crippen molar-refractivity contribution in [2.75, 3.05) is 13.1 Å². The van der Waals surface area contributed by atoms with Crippen molar-refractivity contribution in [3.05, 3.63) is 16.1 Å². The summed E-state index contributed by atoms with van der Waals surface area (Å²) < 4.78 is 0. The number of hydrogen-bond acceptors (Lipinski definition) is 4. The first kappa shape index (κ1) is 14.0. The molecule has 0 aliphatic carbocycles. The summed E-state index contributed by atoms with van der Waals surface area (Å²) in [5.41, 5.74) is -0.0716. The molecule has 0 saturated carbocycles. The third-order valence-corrected chi connectivity index (χ3v) is 4.59. The summed E-state index contributed by atoms with van der Waals surface area (Å²) in [5.74, 6) is -1.36. The number of likely N-dealkylation sites (tertiary alicyclic amines) is 1. The monoisotopic (exact) mass is 282 g/mol. The second-order valence-electron chi connectivity index (χ2n) is 5.85. The molecule has 2 rings (SSSR count). The van der Waals surface area contributed by atoms with Crippen LogP contribution in [0.2, 0.25) is 0 Å². The maximum Gasteiger partial charge on any atom is 0.308 e. The van der Waals surface area contributed by atoms with Gasteiger partial charge >= 0.3 is 5.97 Å². The molecule has 0 radical (unpaired) electrons. The Kier molecular flexibility index (Phi) is 3.62. The Morgan fingerprint density at radius 1 is 1.47 bits per heavy atom. The van der Waals surface area contributed by atoms with E-state index >= 15 is 0 Å². The van der Waals surface area contributed by atoms with Gasteiger partial charge in [-0.15, -0.1) is 11.3 Å². The van der Waals surface area contributed by atoms with E-state index in [-0.39, 0.29) is 11.3 Å². The fourth-order valence-electron chi connectivity index (χ4n) is 2.02. The number of nitrogens with zero attached hydrogens (tertiary/aromatic N) is 2. The number of hydrogen-bond donors (Lipinski definition) is 1. The summed E-state index contributed by atoms with van der Waals surface area (Å²) >= 11 is 1.39. The van der Waals surface area contributed by atoms with E-state index in [9.17, 15) is 9.59 Å². The third-order valence-electron chi connectivity index (χ3n) is 3.18. The third kappa shape index (κ3) is 2.94. The van der Waals surface area contributed by atoms with Crippen molar-refractivity contribution in [3.63, 3.8) is 0 Å². The van der Waals surface area contributed by atoms with Crippen LogP contribution in [0, 0.1) is 5.92 Å². The average molecular weight is 282 g/mol. The lowest BCUT2D eigenvalue weighted by atomic mass is 9.98. The second-order valence-corrected chi connectivity index (χ2v) is 6.89. The SMILES string of the molecule is CC(C)(C)c1ncc(C(=O)N2CC[C@@H](C(=O)O)C2)s1. The highest BCUT2D eigenvalue weighted by molar-refractivity contribution is 7.13. The lowest BCUT2D eigenvalue weighted by molar-refractivity contribution is -0.141. The summed E-state index contributed by atoms with van der Waals surface area (Å²) in [6.07, 6.45) is 2.13. The molecule has 1 N–H and O–H groups in total. The zero-order chi connectivity index (χ0) is 14.2. The van der Waals surface area contributed by atoms with E-state index in [4.69, 9.17) is 5.11 Å². The van der Waals surface area contributed by atoms with E-state index in [1.54, 1.807) is 11.1 Å². The van der Waals surface area contributed by atoms with Gasteiger partial charge in [-0.25, -0.2) is 4.98 Å². The molecule has 0 spiro atoms. The van der Waals surface area contributed by atoms with Crippen LogP contribution in [0.15, 0.2) is 6.20 Å². The van der Waals surface area contributed by atoms with Crippen molar-refractivity contribution in [2.45, 2.75) is 32.6 Å². The summed E-state index contributed by atoms with van der Waals surface area (Å²) in [7, 11) is 0. The van der Waals surface area contributed by atoms with Gasteiger partial charge in [0.25, 0.3) is 5.91 Å². The van der Waals surface area contributed by atoms with Crippen molar-refractivity contribution < 1.29 is 14.7 Å². The minimum atomic E-state index is -0.824. The van der Waals surface area contributed by atoms with Gasteiger partial charge in [0.15, 0.2) is 0 Å². The molecule has 0 aromatic carbocycles. The lowest BCUT2D eigenvalue weighted by Crippen LogP contribution is -2.29. The van der Waals surface area contributed by atoms with E-state index in [1.807, 2.05) is 0 Å². The molecule has 0 unspecified atom stereocenters. The molecule has 1 aliphatic rings. The molecule has 2 heterocycles. The Hall–Kier alpha value is -1.43. The molecule has 1 aliphatic heterocycles. The van der Waals surface area contributed by atoms with Gasteiger partial charge in [0.05, 0.1) is 17.1 Å². The quantitative estimate of drug-likeness (QED) is 0.900. The van der Waals surface area contributed by atoms with Crippen LogP contribution in [0.4, 0.5) is 0 Å². The number of thiazole rings is 1. The fraction of sp³-hybridized carbons (Fsp3) is 0.615. The molecule has 1 atom stereocenters. The highest BCUT2D eigenvalue weighted by atomic mass is 32.1. The zero-order valence-corrected chi connectivity index (χ0v) is 12.2. The van der Waals surface area contributed by atoms with E-state index in [2.05, 4.69) is 25.8 Å². The van der Waals surface area contributed by atoms with Gasteiger partial charge in [-0.1, -0.05) is 20.8 Å². The van der Waals surface area contributed by atoms with Crippen molar-refractivity contribution in [2.24, 2.45) is 5.92 Å². The van der Waals surface area contributed by atoms with Crippen LogP contribution in [0.5, 0.6) is 0 Å². The number of carbonyl (C=O) groups is 2. The number of carboxylic acid groups (broad SMARTS) is 1. The molecule has 19 heavy (non-hydrogen) atoms. The van der Waals surface area contributed by atoms with Crippen molar-refractivity contribution in [1.29, 1.82) is 0 Å². The summed E-state index contributed by atoms with van der Waals surface area (Å²) in [5, 5.41) is 9.87. The Bertz CT molecular complexity index is 504. The van der Waals surface area contributed by atoms with Gasteiger partial charge in [-0.3, -0.25) is 9.59 Å². The molecule has 1 amide bonds. The standard InChI is InChI=1S/C13H18N2O3S/c1-13(2,3)12-14-6-9(19-12)10(16)15-5-4-8(7-15)11(17)18/h6,8H,4-5,7H2,1-3H3,(H,17,18)/t8-/m1/s1. The molecule has 0 bridgehead atoms. The van der Waals surface area contributed by atoms with Gasteiger partial charge in [-0.2, -0.15) is 0 Å². The normalized spacial score (nSPS) is 19.7. The number of aliphatic carboxylic acids is 1. The molecule has 1 aromatic heterocycles. The minimum absolute atomic E-state index is 0.0716. The Labute approximate surface area is 116 Å². The first-order chi connectivity index (χ1) is 8.79. The molecule has 1 aromatic rings. The number of carbonyl (C=O) groups excluding carboxylic acids is 1. The number of carboxylic acids is 1. The van der Waals surface area contributed by atoms with Crippen molar-refractivity contribution in [1.82, 2.24) is 9.88 Å². The molecule has 1 saturated heterocycles. The molecule has 1 fully saturated rings.